The number of hydrogen-bond donors (Lipinski definition) is 0. The van der Waals surface area contributed by atoms with Crippen molar-refractivity contribution in [1.82, 2.24) is 0 Å². The first-order chi connectivity index (χ1) is 12.3. The Labute approximate surface area is 154 Å². The van der Waals surface area contributed by atoms with Crippen molar-refractivity contribution in [3.8, 4) is 0 Å². The average molecular weight is 348 g/mol. The van der Waals surface area contributed by atoms with E-state index in [9.17, 15) is 0 Å². The molecular formula is C22H23N2S+. The summed E-state index contributed by atoms with van der Waals surface area (Å²) in [6.07, 6.45) is 7.75. The lowest BCUT2D eigenvalue weighted by molar-refractivity contribution is -0.432. The summed E-state index contributed by atoms with van der Waals surface area (Å²) in [5.74, 6) is 0. The van der Waals surface area contributed by atoms with Gasteiger partial charge in [0.2, 0.25) is 5.69 Å². The maximum Gasteiger partial charge on any atom is 0.209 e. The first-order valence-electron chi connectivity index (χ1n) is 8.96. The van der Waals surface area contributed by atoms with Crippen molar-refractivity contribution in [1.29, 1.82) is 0 Å². The van der Waals surface area contributed by atoms with E-state index in [1.807, 2.05) is 11.8 Å². The van der Waals surface area contributed by atoms with Crippen LogP contribution in [0.1, 0.15) is 19.4 Å². The lowest BCUT2D eigenvalue weighted by Crippen LogP contribution is -2.16. The Kier molecular flexibility index (Phi) is 4.50. The van der Waals surface area contributed by atoms with E-state index >= 15 is 0 Å². The zero-order valence-electron chi connectivity index (χ0n) is 14.8. The number of hydrogen-bond acceptors (Lipinski definition) is 2. The third kappa shape index (κ3) is 2.93. The molecule has 126 valence electrons. The van der Waals surface area contributed by atoms with Crippen molar-refractivity contribution in [3.05, 3.63) is 77.4 Å². The molecular weight excluding hydrogens is 324 g/mol. The number of thioether (sulfide) groups is 1. The number of fused-ring (bicyclic) bond motifs is 2. The van der Waals surface area contributed by atoms with Crippen LogP contribution in [0.2, 0.25) is 0 Å². The summed E-state index contributed by atoms with van der Waals surface area (Å²) in [7, 11) is 0. The number of para-hydroxylation sites is 2. The molecule has 0 saturated carbocycles. The third-order valence-electron chi connectivity index (χ3n) is 4.80. The normalized spacial score (nSPS) is 17.7. The zero-order valence-corrected chi connectivity index (χ0v) is 15.6. The summed E-state index contributed by atoms with van der Waals surface area (Å²) < 4.78 is 2.42. The molecule has 0 amide bonds. The van der Waals surface area contributed by atoms with Crippen molar-refractivity contribution >= 4 is 28.8 Å². The van der Waals surface area contributed by atoms with E-state index < -0.39 is 0 Å². The van der Waals surface area contributed by atoms with Gasteiger partial charge in [0, 0.05) is 29.1 Å². The van der Waals surface area contributed by atoms with E-state index in [0.717, 1.165) is 19.5 Å². The molecule has 0 aromatic heterocycles. The number of anilines is 1. The molecule has 2 heterocycles. The van der Waals surface area contributed by atoms with Gasteiger partial charge in [-0.1, -0.05) is 48.2 Å². The SMILES string of the molecule is CCN1C(=CC=CC2=[N+](CC)c3ccccc3C2)Sc2ccccc21. The van der Waals surface area contributed by atoms with Crippen LogP contribution >= 0.6 is 11.8 Å². The molecule has 25 heavy (non-hydrogen) atoms. The fraction of sp³-hybridized carbons (Fsp3) is 0.227. The molecule has 0 saturated heterocycles. The van der Waals surface area contributed by atoms with Crippen LogP contribution in [0, 0.1) is 0 Å². The smallest absolute Gasteiger partial charge is 0.209 e. The van der Waals surface area contributed by atoms with Crippen LogP contribution in [0.4, 0.5) is 11.4 Å². The summed E-state index contributed by atoms with van der Waals surface area (Å²) in [6.45, 7) is 6.43. The number of rotatable bonds is 4. The van der Waals surface area contributed by atoms with E-state index in [0.29, 0.717) is 0 Å². The molecule has 0 atom stereocenters. The van der Waals surface area contributed by atoms with E-state index in [-0.39, 0.29) is 0 Å². The molecule has 2 aromatic carbocycles. The van der Waals surface area contributed by atoms with Gasteiger partial charge in [0.25, 0.3) is 0 Å². The summed E-state index contributed by atoms with van der Waals surface area (Å²) in [5.41, 5.74) is 5.49. The number of nitrogens with zero attached hydrogens (tertiary/aromatic N) is 2. The predicted octanol–water partition coefficient (Wildman–Crippen LogP) is 5.38. The molecule has 0 bridgehead atoms. The van der Waals surface area contributed by atoms with Gasteiger partial charge in [-0.05, 0) is 32.1 Å². The highest BCUT2D eigenvalue weighted by Crippen LogP contribution is 2.45. The van der Waals surface area contributed by atoms with Gasteiger partial charge in [-0.25, -0.2) is 0 Å². The first kappa shape index (κ1) is 16.2. The quantitative estimate of drug-likeness (QED) is 0.685. The highest BCUT2D eigenvalue weighted by molar-refractivity contribution is 8.03. The van der Waals surface area contributed by atoms with Crippen molar-refractivity contribution < 1.29 is 4.58 Å². The van der Waals surface area contributed by atoms with Crippen LogP contribution < -0.4 is 4.90 Å². The Balaban J connectivity index is 1.58. The average Bonchev–Trinajstić information content (AvgIpc) is 3.18. The van der Waals surface area contributed by atoms with Crippen molar-refractivity contribution in [3.63, 3.8) is 0 Å². The van der Waals surface area contributed by atoms with E-state index in [2.05, 4.69) is 90.1 Å². The molecule has 3 heteroatoms. The molecule has 0 N–H and O–H groups in total. The zero-order chi connectivity index (χ0) is 17.2. The summed E-state index contributed by atoms with van der Waals surface area (Å²) in [5, 5.41) is 1.30. The van der Waals surface area contributed by atoms with Gasteiger partial charge in [0.1, 0.15) is 6.54 Å². The molecule has 0 radical (unpaired) electrons. The molecule has 2 aliphatic heterocycles. The monoisotopic (exact) mass is 347 g/mol. The van der Waals surface area contributed by atoms with Gasteiger partial charge in [0.15, 0.2) is 5.71 Å². The van der Waals surface area contributed by atoms with Crippen LogP contribution in [0.5, 0.6) is 0 Å². The van der Waals surface area contributed by atoms with Crippen LogP contribution in [0.25, 0.3) is 0 Å². The van der Waals surface area contributed by atoms with Crippen LogP contribution in [-0.2, 0) is 6.42 Å². The van der Waals surface area contributed by atoms with Gasteiger partial charge in [0.05, 0.1) is 17.1 Å². The number of allylic oxidation sites excluding steroid dienone is 3. The molecule has 0 unspecified atom stereocenters. The van der Waals surface area contributed by atoms with Crippen molar-refractivity contribution in [2.24, 2.45) is 0 Å². The predicted molar refractivity (Wildman–Crippen MR) is 108 cm³/mol. The fourth-order valence-electron chi connectivity index (χ4n) is 3.64. The van der Waals surface area contributed by atoms with Crippen LogP contribution in [0.3, 0.4) is 0 Å². The van der Waals surface area contributed by atoms with E-state index in [4.69, 9.17) is 0 Å². The second-order valence-corrected chi connectivity index (χ2v) is 7.28. The van der Waals surface area contributed by atoms with E-state index in [1.165, 1.54) is 32.6 Å². The molecule has 4 rings (SSSR count). The Hall–Kier alpha value is -2.26. The van der Waals surface area contributed by atoms with Crippen molar-refractivity contribution in [2.75, 3.05) is 18.0 Å². The summed E-state index contributed by atoms with van der Waals surface area (Å²) in [4.78, 5) is 3.73. The van der Waals surface area contributed by atoms with E-state index in [1.54, 1.807) is 0 Å². The lowest BCUT2D eigenvalue weighted by atomic mass is 10.1. The molecule has 2 aromatic rings. The Bertz CT molecular complexity index is 892. The van der Waals surface area contributed by atoms with Crippen molar-refractivity contribution in [2.45, 2.75) is 25.2 Å². The summed E-state index contributed by atoms with van der Waals surface area (Å²) >= 11 is 1.86. The maximum atomic E-state index is 2.42. The maximum absolute atomic E-state index is 2.42. The van der Waals surface area contributed by atoms with Gasteiger partial charge in [-0.2, -0.15) is 4.58 Å². The Morgan fingerprint density at radius 3 is 2.72 bits per heavy atom. The molecule has 0 spiro atoms. The third-order valence-corrected chi connectivity index (χ3v) is 5.93. The van der Waals surface area contributed by atoms with Crippen LogP contribution in [0.15, 0.2) is 76.7 Å². The number of benzene rings is 2. The van der Waals surface area contributed by atoms with Gasteiger partial charge >= 0.3 is 0 Å². The van der Waals surface area contributed by atoms with Gasteiger partial charge < -0.3 is 4.90 Å². The minimum atomic E-state index is 0.993. The standard InChI is InChI=1S/C22H23N2S/c1-3-23-18(16-17-10-5-6-12-19(17)23)11-9-15-22-24(4-2)20-13-7-8-14-21(20)25-22/h5-15H,3-4,16H2,1-2H3/q+1. The lowest BCUT2D eigenvalue weighted by Gasteiger charge is -2.17. The minimum Gasteiger partial charge on any atom is -0.335 e. The Morgan fingerprint density at radius 1 is 1.08 bits per heavy atom. The summed E-state index contributed by atoms with van der Waals surface area (Å²) in [6, 6.07) is 17.4. The second kappa shape index (κ2) is 6.93. The molecule has 2 aliphatic rings. The minimum absolute atomic E-state index is 0.993. The largest absolute Gasteiger partial charge is 0.335 e. The Morgan fingerprint density at radius 2 is 1.88 bits per heavy atom. The first-order valence-corrected chi connectivity index (χ1v) is 9.77. The van der Waals surface area contributed by atoms with Crippen LogP contribution in [-0.4, -0.2) is 23.4 Å². The topological polar surface area (TPSA) is 6.25 Å². The molecule has 2 nitrogen and oxygen atoms in total. The van der Waals surface area contributed by atoms with Gasteiger partial charge in [-0.15, -0.1) is 0 Å². The molecule has 0 aliphatic carbocycles. The highest BCUT2D eigenvalue weighted by atomic mass is 32.2. The fourth-order valence-corrected chi connectivity index (χ4v) is 4.77. The molecule has 0 fully saturated rings. The highest BCUT2D eigenvalue weighted by Gasteiger charge is 2.26. The second-order valence-electron chi connectivity index (χ2n) is 6.22. The van der Waals surface area contributed by atoms with Gasteiger partial charge in [-0.3, -0.25) is 0 Å².